The number of piperidine rings is 1. The van der Waals surface area contributed by atoms with E-state index in [-0.39, 0.29) is 23.7 Å². The lowest BCUT2D eigenvalue weighted by Crippen LogP contribution is -2.46. The third kappa shape index (κ3) is 3.24. The van der Waals surface area contributed by atoms with Crippen molar-refractivity contribution in [2.75, 3.05) is 18.4 Å². The van der Waals surface area contributed by atoms with Crippen molar-refractivity contribution in [2.45, 2.75) is 19.4 Å². The summed E-state index contributed by atoms with van der Waals surface area (Å²) in [5.74, 6) is -1.07. The first kappa shape index (κ1) is 14.3. The molecule has 1 aliphatic rings. The molecule has 2 rings (SSSR count). The number of carbonyl (C=O) groups excluding carboxylic acids is 1. The predicted octanol–water partition coefficient (Wildman–Crippen LogP) is 1.01. The molecule has 0 saturated carbocycles. The SMILES string of the molecule is CC1CN(C(=O)Nc2ccc(C(=O)O)nc2)CCC1O. The highest BCUT2D eigenvalue weighted by Crippen LogP contribution is 2.17. The number of nitrogens with one attached hydrogen (secondary N) is 1. The molecule has 3 N–H and O–H groups in total. The number of carboxylic acids is 1. The number of amides is 2. The van der Waals surface area contributed by atoms with Crippen LogP contribution in [0.4, 0.5) is 10.5 Å². The molecule has 0 aliphatic carbocycles. The van der Waals surface area contributed by atoms with E-state index in [2.05, 4.69) is 10.3 Å². The highest BCUT2D eigenvalue weighted by Gasteiger charge is 2.27. The largest absolute Gasteiger partial charge is 0.477 e. The number of aromatic nitrogens is 1. The van der Waals surface area contributed by atoms with Crippen molar-refractivity contribution < 1.29 is 19.8 Å². The van der Waals surface area contributed by atoms with Crippen LogP contribution in [-0.4, -0.2) is 51.3 Å². The first-order valence-corrected chi connectivity index (χ1v) is 6.40. The molecule has 108 valence electrons. The minimum atomic E-state index is -1.11. The van der Waals surface area contributed by atoms with Crippen LogP contribution in [0.2, 0.25) is 0 Å². The van der Waals surface area contributed by atoms with Crippen molar-refractivity contribution in [3.05, 3.63) is 24.0 Å². The summed E-state index contributed by atoms with van der Waals surface area (Å²) in [5.41, 5.74) is 0.372. The van der Waals surface area contributed by atoms with E-state index in [0.29, 0.717) is 25.2 Å². The molecule has 1 aromatic rings. The van der Waals surface area contributed by atoms with E-state index in [1.54, 1.807) is 4.90 Å². The van der Waals surface area contributed by atoms with Gasteiger partial charge < -0.3 is 20.4 Å². The fraction of sp³-hybridized carbons (Fsp3) is 0.462. The Morgan fingerprint density at radius 1 is 1.45 bits per heavy atom. The quantitative estimate of drug-likeness (QED) is 0.750. The van der Waals surface area contributed by atoms with Gasteiger partial charge in [-0.1, -0.05) is 6.92 Å². The molecule has 2 atom stereocenters. The number of rotatable bonds is 2. The Bertz CT molecular complexity index is 503. The summed E-state index contributed by atoms with van der Waals surface area (Å²) in [7, 11) is 0. The second-order valence-corrected chi connectivity index (χ2v) is 4.95. The van der Waals surface area contributed by atoms with Crippen LogP contribution in [0.15, 0.2) is 18.3 Å². The molecule has 7 nitrogen and oxygen atoms in total. The molecule has 0 spiro atoms. The van der Waals surface area contributed by atoms with Crippen molar-refractivity contribution in [3.8, 4) is 0 Å². The number of aromatic carboxylic acids is 1. The number of urea groups is 1. The molecule has 2 amide bonds. The Balaban J connectivity index is 1.96. The standard InChI is InChI=1S/C13H17N3O4/c1-8-7-16(5-4-11(8)17)13(20)15-9-2-3-10(12(18)19)14-6-9/h2-3,6,8,11,17H,4-5,7H2,1H3,(H,15,20)(H,18,19). The van der Waals surface area contributed by atoms with Crippen molar-refractivity contribution in [1.29, 1.82) is 0 Å². The molecule has 7 heteroatoms. The Hall–Kier alpha value is -2.15. The lowest BCUT2D eigenvalue weighted by molar-refractivity contribution is 0.0506. The van der Waals surface area contributed by atoms with Crippen LogP contribution in [-0.2, 0) is 0 Å². The van der Waals surface area contributed by atoms with Crippen LogP contribution in [0.5, 0.6) is 0 Å². The molecule has 2 unspecified atom stereocenters. The Morgan fingerprint density at radius 2 is 2.20 bits per heavy atom. The van der Waals surface area contributed by atoms with Gasteiger partial charge in [-0.05, 0) is 24.5 Å². The summed E-state index contributed by atoms with van der Waals surface area (Å²) < 4.78 is 0. The molecule has 1 aliphatic heterocycles. The van der Waals surface area contributed by atoms with Gasteiger partial charge in [-0.25, -0.2) is 14.6 Å². The number of anilines is 1. The maximum Gasteiger partial charge on any atom is 0.354 e. The van der Waals surface area contributed by atoms with Gasteiger partial charge in [0, 0.05) is 13.1 Å². The van der Waals surface area contributed by atoms with Crippen LogP contribution in [0, 0.1) is 5.92 Å². The van der Waals surface area contributed by atoms with E-state index >= 15 is 0 Å². The second kappa shape index (κ2) is 5.87. The summed E-state index contributed by atoms with van der Waals surface area (Å²) in [6.07, 6.45) is 1.50. The fourth-order valence-corrected chi connectivity index (χ4v) is 2.11. The van der Waals surface area contributed by atoms with E-state index in [9.17, 15) is 14.7 Å². The molecule has 20 heavy (non-hydrogen) atoms. The van der Waals surface area contributed by atoms with Gasteiger partial charge in [-0.15, -0.1) is 0 Å². The van der Waals surface area contributed by atoms with Crippen molar-refractivity contribution in [1.82, 2.24) is 9.88 Å². The molecule has 2 heterocycles. The van der Waals surface area contributed by atoms with E-state index in [4.69, 9.17) is 5.11 Å². The van der Waals surface area contributed by atoms with E-state index in [1.807, 2.05) is 6.92 Å². The number of carbonyl (C=O) groups is 2. The van der Waals surface area contributed by atoms with Gasteiger partial charge >= 0.3 is 12.0 Å². The lowest BCUT2D eigenvalue weighted by Gasteiger charge is -2.34. The van der Waals surface area contributed by atoms with Crippen molar-refractivity contribution in [2.24, 2.45) is 5.92 Å². The van der Waals surface area contributed by atoms with Crippen LogP contribution >= 0.6 is 0 Å². The number of aliphatic hydroxyl groups is 1. The zero-order valence-corrected chi connectivity index (χ0v) is 11.1. The average molecular weight is 279 g/mol. The third-order valence-corrected chi connectivity index (χ3v) is 3.38. The Morgan fingerprint density at radius 3 is 2.75 bits per heavy atom. The predicted molar refractivity (Wildman–Crippen MR) is 71.6 cm³/mol. The van der Waals surface area contributed by atoms with E-state index < -0.39 is 5.97 Å². The first-order valence-electron chi connectivity index (χ1n) is 6.40. The molecular weight excluding hydrogens is 262 g/mol. The maximum absolute atomic E-state index is 12.0. The lowest BCUT2D eigenvalue weighted by atomic mass is 9.97. The van der Waals surface area contributed by atoms with Gasteiger partial charge in [0.15, 0.2) is 0 Å². The molecular formula is C13H17N3O4. The number of likely N-dealkylation sites (tertiary alicyclic amines) is 1. The number of pyridine rings is 1. The van der Waals surface area contributed by atoms with Crippen molar-refractivity contribution in [3.63, 3.8) is 0 Å². The van der Waals surface area contributed by atoms with Crippen molar-refractivity contribution >= 4 is 17.7 Å². The molecule has 1 aromatic heterocycles. The zero-order chi connectivity index (χ0) is 14.7. The molecule has 0 radical (unpaired) electrons. The van der Waals surface area contributed by atoms with Gasteiger partial charge in [0.2, 0.25) is 0 Å². The summed E-state index contributed by atoms with van der Waals surface area (Å²) in [4.78, 5) is 28.1. The van der Waals surface area contributed by atoms with Gasteiger partial charge in [-0.2, -0.15) is 0 Å². The molecule has 0 aromatic carbocycles. The van der Waals surface area contributed by atoms with Gasteiger partial charge in [0.25, 0.3) is 0 Å². The topological polar surface area (TPSA) is 103 Å². The monoisotopic (exact) mass is 279 g/mol. The summed E-state index contributed by atoms with van der Waals surface area (Å²) in [6.45, 7) is 2.89. The average Bonchev–Trinajstić information content (AvgIpc) is 2.42. The second-order valence-electron chi connectivity index (χ2n) is 4.95. The number of aliphatic hydroxyl groups excluding tert-OH is 1. The fourth-order valence-electron chi connectivity index (χ4n) is 2.11. The van der Waals surface area contributed by atoms with E-state index in [1.165, 1.54) is 18.3 Å². The third-order valence-electron chi connectivity index (χ3n) is 3.38. The number of carboxylic acid groups (broad SMARTS) is 1. The maximum atomic E-state index is 12.0. The Labute approximate surface area is 116 Å². The molecule has 1 saturated heterocycles. The van der Waals surface area contributed by atoms with E-state index in [0.717, 1.165) is 0 Å². The van der Waals surface area contributed by atoms with Gasteiger partial charge in [0.05, 0.1) is 18.0 Å². The minimum absolute atomic E-state index is 0.0435. The highest BCUT2D eigenvalue weighted by molar-refractivity contribution is 5.90. The number of nitrogens with zero attached hydrogens (tertiary/aromatic N) is 2. The zero-order valence-electron chi connectivity index (χ0n) is 11.1. The van der Waals surface area contributed by atoms with Gasteiger partial charge in [0.1, 0.15) is 5.69 Å². The highest BCUT2D eigenvalue weighted by atomic mass is 16.4. The minimum Gasteiger partial charge on any atom is -0.477 e. The first-order chi connectivity index (χ1) is 9.47. The van der Waals surface area contributed by atoms with Gasteiger partial charge in [-0.3, -0.25) is 0 Å². The molecule has 1 fully saturated rings. The number of hydrogen-bond acceptors (Lipinski definition) is 4. The van der Waals surface area contributed by atoms with Crippen LogP contribution < -0.4 is 5.32 Å². The summed E-state index contributed by atoms with van der Waals surface area (Å²) in [6, 6.07) is 2.56. The Kier molecular flexibility index (Phi) is 4.19. The smallest absolute Gasteiger partial charge is 0.354 e. The van der Waals surface area contributed by atoms with Crippen LogP contribution in [0.1, 0.15) is 23.8 Å². The van der Waals surface area contributed by atoms with Crippen LogP contribution in [0.3, 0.4) is 0 Å². The summed E-state index contributed by atoms with van der Waals surface area (Å²) >= 11 is 0. The molecule has 0 bridgehead atoms. The summed E-state index contributed by atoms with van der Waals surface area (Å²) in [5, 5.41) is 21.0. The number of hydrogen-bond donors (Lipinski definition) is 3. The van der Waals surface area contributed by atoms with Crippen LogP contribution in [0.25, 0.3) is 0 Å². The normalized spacial score (nSPS) is 22.4.